The zero-order valence-electron chi connectivity index (χ0n) is 15.9. The van der Waals surface area contributed by atoms with E-state index in [-0.39, 0.29) is 0 Å². The van der Waals surface area contributed by atoms with Crippen LogP contribution in [0.15, 0.2) is 60.7 Å². The maximum absolute atomic E-state index is 13.1. The summed E-state index contributed by atoms with van der Waals surface area (Å²) in [6.45, 7) is 0.664. The molecule has 6 nitrogen and oxygen atoms in total. The van der Waals surface area contributed by atoms with Crippen LogP contribution in [0, 0.1) is 0 Å². The first-order valence-electron chi connectivity index (χ1n) is 9.41. The fourth-order valence-electron chi connectivity index (χ4n) is 3.40. The third-order valence-electron chi connectivity index (χ3n) is 4.91. The fourth-order valence-corrected chi connectivity index (χ4v) is 4.14. The molecule has 1 amide bonds. The number of amides is 1. The van der Waals surface area contributed by atoms with E-state index in [1.165, 1.54) is 12.1 Å². The average molecular weight is 441 g/mol. The molecule has 1 aliphatic rings. The van der Waals surface area contributed by atoms with Crippen molar-refractivity contribution >= 4 is 15.9 Å². The molecule has 1 fully saturated rings. The number of hydrogen-bond donors (Lipinski definition) is 3. The number of rotatable bonds is 7. The molecular weight excluding hydrogens is 419 g/mol. The van der Waals surface area contributed by atoms with Crippen LogP contribution in [-0.2, 0) is 14.8 Å². The van der Waals surface area contributed by atoms with E-state index in [0.717, 1.165) is 6.42 Å². The van der Waals surface area contributed by atoms with Crippen LogP contribution in [0.3, 0.4) is 0 Å². The average Bonchev–Trinajstić information content (AvgIpc) is 3.26. The van der Waals surface area contributed by atoms with Crippen molar-refractivity contribution in [3.8, 4) is 0 Å². The van der Waals surface area contributed by atoms with Crippen LogP contribution in [0.2, 0.25) is 0 Å². The Kier molecular flexibility index (Phi) is 6.79. The smallest absolute Gasteiger partial charge is 0.346 e. The lowest BCUT2D eigenvalue weighted by atomic mass is 9.93. The van der Waals surface area contributed by atoms with Gasteiger partial charge in [0, 0.05) is 0 Å². The van der Waals surface area contributed by atoms with Gasteiger partial charge in [0.25, 0.3) is 0 Å². The van der Waals surface area contributed by atoms with Crippen LogP contribution >= 0.6 is 0 Å². The molecule has 2 aromatic carbocycles. The predicted molar refractivity (Wildman–Crippen MR) is 106 cm³/mol. The Balaban J connectivity index is 2.02. The van der Waals surface area contributed by atoms with Gasteiger partial charge in [-0.25, -0.2) is 8.42 Å². The zero-order valence-corrected chi connectivity index (χ0v) is 16.7. The van der Waals surface area contributed by atoms with Crippen molar-refractivity contribution in [2.45, 2.75) is 36.5 Å². The molecule has 1 heterocycles. The van der Waals surface area contributed by atoms with E-state index >= 15 is 0 Å². The van der Waals surface area contributed by atoms with Crippen molar-refractivity contribution in [1.29, 1.82) is 0 Å². The minimum atomic E-state index is -5.67. The standard InChI is InChI=1S/C20H22F3N3O3S/c21-20(22,23)30(28,29)26-18(15-10-5-2-6-11-15)17(14-8-3-1-4-9-14)25-19(27)16-12-7-13-24-16/h1-6,8-11,16-18,24,26H,7,12-13H2,(H,25,27)/t16-,17-,18-/m1/s1. The molecule has 0 saturated carbocycles. The highest BCUT2D eigenvalue weighted by atomic mass is 32.2. The number of benzene rings is 2. The van der Waals surface area contributed by atoms with Crippen molar-refractivity contribution in [2.75, 3.05) is 6.54 Å². The molecule has 0 aliphatic carbocycles. The second kappa shape index (κ2) is 9.15. The van der Waals surface area contributed by atoms with Crippen LogP contribution in [0.25, 0.3) is 0 Å². The minimum absolute atomic E-state index is 0.291. The highest BCUT2D eigenvalue weighted by Gasteiger charge is 2.48. The molecule has 3 rings (SSSR count). The van der Waals surface area contributed by atoms with Gasteiger partial charge in [-0.2, -0.15) is 17.9 Å². The first-order valence-corrected chi connectivity index (χ1v) is 10.9. The van der Waals surface area contributed by atoms with E-state index in [9.17, 15) is 26.4 Å². The van der Waals surface area contributed by atoms with Gasteiger partial charge in [0.05, 0.1) is 18.1 Å². The van der Waals surface area contributed by atoms with Crippen LogP contribution in [0.1, 0.15) is 36.1 Å². The van der Waals surface area contributed by atoms with Gasteiger partial charge in [-0.1, -0.05) is 60.7 Å². The molecule has 0 spiro atoms. The number of sulfonamides is 1. The van der Waals surface area contributed by atoms with E-state index in [4.69, 9.17) is 0 Å². The van der Waals surface area contributed by atoms with Crippen molar-refractivity contribution in [3.63, 3.8) is 0 Å². The fraction of sp³-hybridized carbons (Fsp3) is 0.350. The lowest BCUT2D eigenvalue weighted by Crippen LogP contribution is -2.48. The summed E-state index contributed by atoms with van der Waals surface area (Å²) in [7, 11) is -5.67. The summed E-state index contributed by atoms with van der Waals surface area (Å²) in [6.07, 6.45) is 1.40. The van der Waals surface area contributed by atoms with Crippen LogP contribution in [-0.4, -0.2) is 32.4 Å². The molecule has 162 valence electrons. The highest BCUT2D eigenvalue weighted by Crippen LogP contribution is 2.33. The summed E-state index contributed by atoms with van der Waals surface area (Å²) in [5.41, 5.74) is -4.72. The molecule has 1 aliphatic heterocycles. The number of alkyl halides is 3. The normalized spacial score (nSPS) is 19.2. The Hall–Kier alpha value is -2.43. The van der Waals surface area contributed by atoms with Crippen LogP contribution < -0.4 is 15.4 Å². The van der Waals surface area contributed by atoms with E-state index in [2.05, 4.69) is 10.6 Å². The van der Waals surface area contributed by atoms with Gasteiger partial charge in [0.2, 0.25) is 5.91 Å². The molecule has 0 radical (unpaired) electrons. The van der Waals surface area contributed by atoms with Gasteiger partial charge >= 0.3 is 15.5 Å². The van der Waals surface area contributed by atoms with Crippen molar-refractivity contribution < 1.29 is 26.4 Å². The monoisotopic (exact) mass is 441 g/mol. The Morgan fingerprint density at radius 2 is 1.50 bits per heavy atom. The van der Waals surface area contributed by atoms with Crippen molar-refractivity contribution in [2.24, 2.45) is 0 Å². The molecule has 0 aromatic heterocycles. The first kappa shape index (κ1) is 22.3. The zero-order chi connectivity index (χ0) is 21.8. The third-order valence-corrected chi connectivity index (χ3v) is 6.09. The largest absolute Gasteiger partial charge is 0.511 e. The SMILES string of the molecule is O=C(N[C@H](c1ccccc1)[C@H](NS(=O)(=O)C(F)(F)F)c1ccccc1)[C@H]1CCCN1. The molecule has 10 heteroatoms. The van der Waals surface area contributed by atoms with Gasteiger partial charge in [-0.05, 0) is 30.5 Å². The molecule has 0 unspecified atom stereocenters. The Morgan fingerprint density at radius 1 is 0.967 bits per heavy atom. The van der Waals surface area contributed by atoms with Crippen molar-refractivity contribution in [3.05, 3.63) is 71.8 Å². The van der Waals surface area contributed by atoms with Gasteiger partial charge in [-0.3, -0.25) is 4.79 Å². The highest BCUT2D eigenvalue weighted by molar-refractivity contribution is 7.90. The summed E-state index contributed by atoms with van der Waals surface area (Å²) in [6, 6.07) is 13.3. The predicted octanol–water partition coefficient (Wildman–Crippen LogP) is 2.78. The molecule has 3 N–H and O–H groups in total. The topological polar surface area (TPSA) is 87.3 Å². The number of carbonyl (C=O) groups excluding carboxylic acids is 1. The van der Waals surface area contributed by atoms with Crippen LogP contribution in [0.4, 0.5) is 13.2 Å². The minimum Gasteiger partial charge on any atom is -0.346 e. The second-order valence-corrected chi connectivity index (χ2v) is 8.71. The maximum Gasteiger partial charge on any atom is 0.511 e. The van der Waals surface area contributed by atoms with Gasteiger partial charge in [0.1, 0.15) is 0 Å². The summed E-state index contributed by atoms with van der Waals surface area (Å²) in [4.78, 5) is 12.8. The molecule has 3 atom stereocenters. The molecule has 1 saturated heterocycles. The summed E-state index contributed by atoms with van der Waals surface area (Å²) in [5, 5.41) is 5.79. The molecule has 30 heavy (non-hydrogen) atoms. The van der Waals surface area contributed by atoms with Gasteiger partial charge < -0.3 is 10.6 Å². The number of nitrogens with one attached hydrogen (secondary N) is 3. The van der Waals surface area contributed by atoms with Crippen molar-refractivity contribution in [1.82, 2.24) is 15.4 Å². The maximum atomic E-state index is 13.1. The quantitative estimate of drug-likeness (QED) is 0.617. The molecular formula is C20H22F3N3O3S. The molecule has 2 aromatic rings. The Bertz CT molecular complexity index is 948. The number of carbonyl (C=O) groups is 1. The van der Waals surface area contributed by atoms with E-state index in [1.54, 1.807) is 53.3 Å². The Morgan fingerprint density at radius 3 is 1.97 bits per heavy atom. The van der Waals surface area contributed by atoms with Crippen LogP contribution in [0.5, 0.6) is 0 Å². The second-order valence-electron chi connectivity index (χ2n) is 7.00. The summed E-state index contributed by atoms with van der Waals surface area (Å²) < 4.78 is 65.1. The molecule has 0 bridgehead atoms. The van der Waals surface area contributed by atoms with E-state index in [0.29, 0.717) is 24.1 Å². The lowest BCUT2D eigenvalue weighted by molar-refractivity contribution is -0.123. The van der Waals surface area contributed by atoms with E-state index in [1.807, 2.05) is 0 Å². The first-order chi connectivity index (χ1) is 14.2. The Labute approximate surface area is 172 Å². The van der Waals surface area contributed by atoms with E-state index < -0.39 is 39.6 Å². The number of halogens is 3. The summed E-state index contributed by atoms with van der Waals surface area (Å²) >= 11 is 0. The van der Waals surface area contributed by atoms with Gasteiger partial charge in [0.15, 0.2) is 0 Å². The summed E-state index contributed by atoms with van der Waals surface area (Å²) in [5.74, 6) is -0.395. The third kappa shape index (κ3) is 5.18. The van der Waals surface area contributed by atoms with Gasteiger partial charge in [-0.15, -0.1) is 0 Å². The number of hydrogen-bond acceptors (Lipinski definition) is 4. The lowest BCUT2D eigenvalue weighted by Gasteiger charge is -2.30.